The number of nitrogens with two attached hydrogens (primary N) is 1. The summed E-state index contributed by atoms with van der Waals surface area (Å²) >= 11 is 0. The van der Waals surface area contributed by atoms with Crippen molar-refractivity contribution in [1.82, 2.24) is 4.90 Å². The van der Waals surface area contributed by atoms with Crippen molar-refractivity contribution in [2.45, 2.75) is 19.4 Å². The van der Waals surface area contributed by atoms with Crippen LogP contribution in [0.15, 0.2) is 72.8 Å². The van der Waals surface area contributed by atoms with E-state index in [1.165, 1.54) is 0 Å². The lowest BCUT2D eigenvalue weighted by Crippen LogP contribution is -2.45. The Hall–Kier alpha value is -3.40. The second kappa shape index (κ2) is 7.31. The maximum Gasteiger partial charge on any atom is 0.254 e. The van der Waals surface area contributed by atoms with Gasteiger partial charge in [-0.3, -0.25) is 9.59 Å². The van der Waals surface area contributed by atoms with Gasteiger partial charge in [-0.2, -0.15) is 0 Å². The van der Waals surface area contributed by atoms with Crippen LogP contribution in [0.1, 0.15) is 33.1 Å². The van der Waals surface area contributed by atoms with Crippen LogP contribution in [0.3, 0.4) is 0 Å². The van der Waals surface area contributed by atoms with Crippen LogP contribution in [0.4, 0.5) is 0 Å². The van der Waals surface area contributed by atoms with Crippen molar-refractivity contribution in [2.24, 2.45) is 5.73 Å². The van der Waals surface area contributed by atoms with Gasteiger partial charge in [0.15, 0.2) is 0 Å². The van der Waals surface area contributed by atoms with Gasteiger partial charge in [0.2, 0.25) is 5.91 Å². The molecule has 0 spiro atoms. The Bertz CT molecular complexity index is 1060. The van der Waals surface area contributed by atoms with Crippen LogP contribution < -0.4 is 5.73 Å². The maximum atomic E-state index is 13.3. The first-order valence-corrected chi connectivity index (χ1v) is 9.40. The smallest absolute Gasteiger partial charge is 0.254 e. The molecule has 4 heteroatoms. The van der Waals surface area contributed by atoms with E-state index < -0.39 is 11.9 Å². The number of aryl methyl sites for hydroxylation is 1. The van der Waals surface area contributed by atoms with Crippen molar-refractivity contribution in [3.8, 4) is 11.1 Å². The Morgan fingerprint density at radius 2 is 1.64 bits per heavy atom. The first kappa shape index (κ1) is 18.0. The number of primary amides is 1. The molecule has 1 unspecified atom stereocenters. The van der Waals surface area contributed by atoms with Gasteiger partial charge < -0.3 is 10.6 Å². The molecule has 4 rings (SSSR count). The van der Waals surface area contributed by atoms with Crippen LogP contribution in [0.2, 0.25) is 0 Å². The SMILES string of the molecule is Cc1cccc(-c2cccc(C(=O)N3CCc4ccccc4C3C(N)=O)c2)c1. The molecule has 0 bridgehead atoms. The number of hydrogen-bond acceptors (Lipinski definition) is 2. The third kappa shape index (κ3) is 3.29. The molecule has 0 saturated heterocycles. The van der Waals surface area contributed by atoms with Gasteiger partial charge in [0.1, 0.15) is 6.04 Å². The average molecular weight is 370 g/mol. The third-order valence-corrected chi connectivity index (χ3v) is 5.27. The first-order chi connectivity index (χ1) is 13.5. The molecule has 4 nitrogen and oxygen atoms in total. The number of amides is 2. The molecule has 0 saturated carbocycles. The van der Waals surface area contributed by atoms with Crippen LogP contribution in [0.5, 0.6) is 0 Å². The van der Waals surface area contributed by atoms with Gasteiger partial charge in [-0.15, -0.1) is 0 Å². The molecule has 0 radical (unpaired) electrons. The molecule has 1 atom stereocenters. The quantitative estimate of drug-likeness (QED) is 0.760. The van der Waals surface area contributed by atoms with E-state index in [0.717, 1.165) is 27.8 Å². The topological polar surface area (TPSA) is 63.4 Å². The summed E-state index contributed by atoms with van der Waals surface area (Å²) in [7, 11) is 0. The zero-order valence-electron chi connectivity index (χ0n) is 15.8. The van der Waals surface area contributed by atoms with Gasteiger partial charge in [-0.1, -0.05) is 66.2 Å². The van der Waals surface area contributed by atoms with E-state index in [0.29, 0.717) is 18.5 Å². The molecule has 0 aromatic heterocycles. The van der Waals surface area contributed by atoms with Gasteiger partial charge in [0, 0.05) is 12.1 Å². The van der Waals surface area contributed by atoms with Crippen molar-refractivity contribution in [3.63, 3.8) is 0 Å². The molecule has 140 valence electrons. The predicted octanol–water partition coefficient (Wildman–Crippen LogP) is 3.89. The summed E-state index contributed by atoms with van der Waals surface area (Å²) < 4.78 is 0. The Labute approximate surface area is 164 Å². The lowest BCUT2D eigenvalue weighted by Gasteiger charge is -2.35. The minimum absolute atomic E-state index is 0.173. The van der Waals surface area contributed by atoms with Gasteiger partial charge in [0.05, 0.1) is 0 Å². The highest BCUT2D eigenvalue weighted by atomic mass is 16.2. The van der Waals surface area contributed by atoms with Crippen LogP contribution in [-0.4, -0.2) is 23.3 Å². The van der Waals surface area contributed by atoms with E-state index in [4.69, 9.17) is 5.73 Å². The molecule has 1 aliphatic heterocycles. The lowest BCUT2D eigenvalue weighted by molar-refractivity contribution is -0.123. The molecule has 3 aromatic rings. The second-order valence-electron chi connectivity index (χ2n) is 7.20. The molecular formula is C24H22N2O2. The van der Waals surface area contributed by atoms with E-state index in [1.807, 2.05) is 67.6 Å². The van der Waals surface area contributed by atoms with Crippen LogP contribution in [-0.2, 0) is 11.2 Å². The maximum absolute atomic E-state index is 13.3. The number of benzene rings is 3. The van der Waals surface area contributed by atoms with Gasteiger partial charge >= 0.3 is 0 Å². The minimum Gasteiger partial charge on any atom is -0.368 e. The minimum atomic E-state index is -0.736. The number of carbonyl (C=O) groups excluding carboxylic acids is 2. The van der Waals surface area contributed by atoms with Crippen LogP contribution >= 0.6 is 0 Å². The van der Waals surface area contributed by atoms with Crippen LogP contribution in [0.25, 0.3) is 11.1 Å². The standard InChI is InChI=1S/C24H22N2O2/c1-16-6-4-8-18(14-16)19-9-5-10-20(15-19)24(28)26-13-12-17-7-2-3-11-21(17)22(26)23(25)27/h2-11,14-15,22H,12-13H2,1H3,(H2,25,27). The fourth-order valence-corrected chi connectivity index (χ4v) is 3.91. The number of fused-ring (bicyclic) bond motifs is 1. The largest absolute Gasteiger partial charge is 0.368 e. The Morgan fingerprint density at radius 3 is 2.39 bits per heavy atom. The molecule has 28 heavy (non-hydrogen) atoms. The summed E-state index contributed by atoms with van der Waals surface area (Å²) in [4.78, 5) is 27.1. The summed E-state index contributed by atoms with van der Waals surface area (Å²) in [5.41, 5.74) is 11.3. The van der Waals surface area contributed by atoms with Crippen molar-refractivity contribution < 1.29 is 9.59 Å². The molecule has 1 heterocycles. The summed E-state index contributed by atoms with van der Waals surface area (Å²) in [6.45, 7) is 2.51. The monoisotopic (exact) mass is 370 g/mol. The number of hydrogen-bond donors (Lipinski definition) is 1. The summed E-state index contributed by atoms with van der Waals surface area (Å²) in [5, 5.41) is 0. The molecule has 2 amide bonds. The van der Waals surface area contributed by atoms with Crippen LogP contribution in [0, 0.1) is 6.92 Å². The van der Waals surface area contributed by atoms with E-state index >= 15 is 0 Å². The van der Waals surface area contributed by atoms with Gasteiger partial charge in [0.25, 0.3) is 5.91 Å². The van der Waals surface area contributed by atoms with Crippen molar-refractivity contribution in [1.29, 1.82) is 0 Å². The summed E-state index contributed by atoms with van der Waals surface area (Å²) in [6.07, 6.45) is 0.712. The molecule has 1 aliphatic rings. The van der Waals surface area contributed by atoms with Crippen molar-refractivity contribution in [2.75, 3.05) is 6.54 Å². The Balaban J connectivity index is 1.70. The predicted molar refractivity (Wildman–Crippen MR) is 110 cm³/mol. The molecule has 3 aromatic carbocycles. The zero-order chi connectivity index (χ0) is 19.7. The van der Waals surface area contributed by atoms with E-state index in [-0.39, 0.29) is 5.91 Å². The average Bonchev–Trinajstić information content (AvgIpc) is 2.72. The lowest BCUT2D eigenvalue weighted by atomic mass is 9.91. The number of carbonyl (C=O) groups is 2. The Kier molecular flexibility index (Phi) is 4.70. The zero-order valence-corrected chi connectivity index (χ0v) is 15.8. The third-order valence-electron chi connectivity index (χ3n) is 5.27. The molecule has 0 aliphatic carbocycles. The number of nitrogens with zero attached hydrogens (tertiary/aromatic N) is 1. The van der Waals surface area contributed by atoms with Crippen molar-refractivity contribution >= 4 is 11.8 Å². The van der Waals surface area contributed by atoms with E-state index in [1.54, 1.807) is 11.0 Å². The Morgan fingerprint density at radius 1 is 0.929 bits per heavy atom. The highest BCUT2D eigenvalue weighted by Gasteiger charge is 2.34. The molecular weight excluding hydrogens is 348 g/mol. The summed E-state index contributed by atoms with van der Waals surface area (Å²) in [6, 6.07) is 22.7. The van der Waals surface area contributed by atoms with Gasteiger partial charge in [-0.05, 0) is 47.7 Å². The highest BCUT2D eigenvalue weighted by molar-refractivity contribution is 5.99. The number of rotatable bonds is 3. The highest BCUT2D eigenvalue weighted by Crippen LogP contribution is 2.31. The first-order valence-electron chi connectivity index (χ1n) is 9.40. The normalized spacial score (nSPS) is 15.8. The van der Waals surface area contributed by atoms with E-state index in [2.05, 4.69) is 6.07 Å². The van der Waals surface area contributed by atoms with Gasteiger partial charge in [-0.25, -0.2) is 0 Å². The molecule has 2 N–H and O–H groups in total. The summed E-state index contributed by atoms with van der Waals surface area (Å²) in [5.74, 6) is -0.678. The second-order valence-corrected chi connectivity index (χ2v) is 7.20. The fraction of sp³-hybridized carbons (Fsp3) is 0.167. The molecule has 0 fully saturated rings. The van der Waals surface area contributed by atoms with Crippen molar-refractivity contribution in [3.05, 3.63) is 95.1 Å². The fourth-order valence-electron chi connectivity index (χ4n) is 3.91. The van der Waals surface area contributed by atoms with E-state index in [9.17, 15) is 9.59 Å².